The first-order chi connectivity index (χ1) is 11.4. The lowest BCUT2D eigenvalue weighted by Gasteiger charge is -2.11. The number of fused-ring (bicyclic) bond motifs is 1. The first kappa shape index (κ1) is 16.2. The zero-order valence-electron chi connectivity index (χ0n) is 12.1. The third kappa shape index (κ3) is 3.62. The smallest absolute Gasteiger partial charge is 0.376 e. The van der Waals surface area contributed by atoms with Crippen LogP contribution in [0.4, 0.5) is 24.5 Å². The second-order valence-electron chi connectivity index (χ2n) is 4.92. The zero-order chi connectivity index (χ0) is 17.2. The van der Waals surface area contributed by atoms with Crippen molar-refractivity contribution in [3.63, 3.8) is 0 Å². The molecule has 0 atom stereocenters. The van der Waals surface area contributed by atoms with Crippen LogP contribution in [-0.4, -0.2) is 21.2 Å². The van der Waals surface area contributed by atoms with Gasteiger partial charge in [-0.15, -0.1) is 0 Å². The molecule has 0 aliphatic carbocycles. The van der Waals surface area contributed by atoms with Crippen molar-refractivity contribution in [2.75, 3.05) is 17.2 Å². The minimum Gasteiger partial charge on any atom is -0.376 e. The number of carbonyl (C=O) groups is 1. The molecule has 0 spiro atoms. The van der Waals surface area contributed by atoms with Gasteiger partial charge >= 0.3 is 6.18 Å². The van der Waals surface area contributed by atoms with E-state index in [9.17, 15) is 18.0 Å². The molecule has 0 saturated carbocycles. The van der Waals surface area contributed by atoms with Crippen LogP contribution in [0.2, 0.25) is 0 Å². The first-order valence-electron chi connectivity index (χ1n) is 6.86. The SMILES string of the molecule is O=C(CNc1cccc(C(F)(F)F)c1)Nc1cccc2nsnc12. The molecule has 5 nitrogen and oxygen atoms in total. The van der Waals surface area contributed by atoms with Gasteiger partial charge in [-0.25, -0.2) is 0 Å². The molecule has 0 fully saturated rings. The highest BCUT2D eigenvalue weighted by molar-refractivity contribution is 7.00. The summed E-state index contributed by atoms with van der Waals surface area (Å²) in [5, 5.41) is 5.34. The number of nitrogens with zero attached hydrogens (tertiary/aromatic N) is 2. The number of amides is 1. The molecule has 2 N–H and O–H groups in total. The Bertz CT molecular complexity index is 878. The summed E-state index contributed by atoms with van der Waals surface area (Å²) in [6.45, 7) is -0.171. The van der Waals surface area contributed by atoms with Crippen molar-refractivity contribution in [1.82, 2.24) is 8.75 Å². The molecule has 2 aromatic carbocycles. The van der Waals surface area contributed by atoms with Crippen molar-refractivity contribution in [2.45, 2.75) is 6.18 Å². The fourth-order valence-electron chi connectivity index (χ4n) is 2.09. The van der Waals surface area contributed by atoms with Crippen LogP contribution in [0.25, 0.3) is 11.0 Å². The minimum atomic E-state index is -4.42. The van der Waals surface area contributed by atoms with Crippen LogP contribution in [0, 0.1) is 0 Å². The van der Waals surface area contributed by atoms with Gasteiger partial charge in [0.1, 0.15) is 11.0 Å². The number of alkyl halides is 3. The number of halogens is 3. The normalized spacial score (nSPS) is 11.5. The molecule has 0 bridgehead atoms. The maximum atomic E-state index is 12.7. The van der Waals surface area contributed by atoms with Gasteiger partial charge in [0.15, 0.2) is 0 Å². The molecule has 3 rings (SSSR count). The minimum absolute atomic E-state index is 0.171. The summed E-state index contributed by atoms with van der Waals surface area (Å²) in [6, 6.07) is 9.87. The van der Waals surface area contributed by atoms with Crippen LogP contribution in [0.15, 0.2) is 42.5 Å². The molecule has 9 heteroatoms. The summed E-state index contributed by atoms with van der Waals surface area (Å²) >= 11 is 1.03. The maximum Gasteiger partial charge on any atom is 0.416 e. The lowest BCUT2D eigenvalue weighted by Crippen LogP contribution is -2.22. The lowest BCUT2D eigenvalue weighted by molar-refractivity contribution is -0.137. The molecule has 1 amide bonds. The van der Waals surface area contributed by atoms with Crippen LogP contribution in [0.3, 0.4) is 0 Å². The molecule has 0 unspecified atom stereocenters. The van der Waals surface area contributed by atoms with Gasteiger partial charge in [0.05, 0.1) is 29.5 Å². The molecule has 1 aromatic heterocycles. The van der Waals surface area contributed by atoms with E-state index in [1.54, 1.807) is 18.2 Å². The maximum absolute atomic E-state index is 12.7. The van der Waals surface area contributed by atoms with Gasteiger partial charge in [0.25, 0.3) is 0 Å². The van der Waals surface area contributed by atoms with Gasteiger partial charge in [-0.3, -0.25) is 4.79 Å². The molecule has 0 aliphatic rings. The Hall–Kier alpha value is -2.68. The van der Waals surface area contributed by atoms with E-state index in [2.05, 4.69) is 19.4 Å². The third-order valence-electron chi connectivity index (χ3n) is 3.20. The van der Waals surface area contributed by atoms with Crippen molar-refractivity contribution >= 4 is 40.0 Å². The summed E-state index contributed by atoms with van der Waals surface area (Å²) in [6.07, 6.45) is -4.42. The predicted octanol–water partition coefficient (Wildman–Crippen LogP) is 3.76. The quantitative estimate of drug-likeness (QED) is 0.750. The monoisotopic (exact) mass is 352 g/mol. The Balaban J connectivity index is 1.65. The zero-order valence-corrected chi connectivity index (χ0v) is 12.9. The summed E-state index contributed by atoms with van der Waals surface area (Å²) in [5.74, 6) is -0.395. The van der Waals surface area contributed by atoms with Gasteiger partial charge in [-0.2, -0.15) is 21.9 Å². The number of anilines is 2. The van der Waals surface area contributed by atoms with Crippen LogP contribution in [0.5, 0.6) is 0 Å². The molecule has 124 valence electrons. The van der Waals surface area contributed by atoms with E-state index >= 15 is 0 Å². The van der Waals surface area contributed by atoms with E-state index in [1.807, 2.05) is 0 Å². The van der Waals surface area contributed by atoms with Crippen LogP contribution >= 0.6 is 11.7 Å². The van der Waals surface area contributed by atoms with Crippen LogP contribution in [-0.2, 0) is 11.0 Å². The molecular formula is C15H11F3N4OS. The average molecular weight is 352 g/mol. The number of hydrogen-bond acceptors (Lipinski definition) is 5. The van der Waals surface area contributed by atoms with Gasteiger partial charge in [-0.05, 0) is 30.3 Å². The molecule has 0 saturated heterocycles. The van der Waals surface area contributed by atoms with E-state index in [0.717, 1.165) is 23.9 Å². The number of hydrogen-bond donors (Lipinski definition) is 2. The molecule has 0 radical (unpaired) electrons. The summed E-state index contributed by atoms with van der Waals surface area (Å²) in [7, 11) is 0. The summed E-state index contributed by atoms with van der Waals surface area (Å²) < 4.78 is 46.1. The van der Waals surface area contributed by atoms with Crippen molar-refractivity contribution in [2.24, 2.45) is 0 Å². The molecule has 3 aromatic rings. The van der Waals surface area contributed by atoms with Gasteiger partial charge < -0.3 is 10.6 Å². The molecule has 1 heterocycles. The predicted molar refractivity (Wildman–Crippen MR) is 86.0 cm³/mol. The van der Waals surface area contributed by atoms with Crippen molar-refractivity contribution in [3.8, 4) is 0 Å². The van der Waals surface area contributed by atoms with Gasteiger partial charge in [0.2, 0.25) is 5.91 Å². The fourth-order valence-corrected chi connectivity index (χ4v) is 2.64. The van der Waals surface area contributed by atoms with E-state index in [4.69, 9.17) is 0 Å². The Morgan fingerprint density at radius 3 is 2.71 bits per heavy atom. The Morgan fingerprint density at radius 2 is 1.92 bits per heavy atom. The lowest BCUT2D eigenvalue weighted by atomic mass is 10.2. The fraction of sp³-hybridized carbons (Fsp3) is 0.133. The molecule has 24 heavy (non-hydrogen) atoms. The number of benzene rings is 2. The number of carbonyl (C=O) groups excluding carboxylic acids is 1. The van der Waals surface area contributed by atoms with Gasteiger partial charge in [-0.1, -0.05) is 12.1 Å². The highest BCUT2D eigenvalue weighted by Crippen LogP contribution is 2.30. The van der Waals surface area contributed by atoms with Crippen LogP contribution in [0.1, 0.15) is 5.56 Å². The molecular weight excluding hydrogens is 341 g/mol. The third-order valence-corrected chi connectivity index (χ3v) is 3.75. The van der Waals surface area contributed by atoms with Crippen molar-refractivity contribution in [3.05, 3.63) is 48.0 Å². The van der Waals surface area contributed by atoms with E-state index in [1.165, 1.54) is 12.1 Å². The summed E-state index contributed by atoms with van der Waals surface area (Å²) in [5.41, 5.74) is 1.20. The number of rotatable bonds is 4. The Morgan fingerprint density at radius 1 is 1.12 bits per heavy atom. The number of nitrogens with one attached hydrogen (secondary N) is 2. The second kappa shape index (κ2) is 6.44. The average Bonchev–Trinajstić information content (AvgIpc) is 3.02. The van der Waals surface area contributed by atoms with E-state index in [-0.39, 0.29) is 12.2 Å². The summed E-state index contributed by atoms with van der Waals surface area (Å²) in [4.78, 5) is 12.0. The topological polar surface area (TPSA) is 66.9 Å². The standard InChI is InChI=1S/C15H11F3N4OS/c16-15(17,18)9-3-1-4-10(7-9)19-8-13(23)20-11-5-2-6-12-14(11)22-24-21-12/h1-7,19H,8H2,(H,20,23). The molecule has 0 aliphatic heterocycles. The highest BCUT2D eigenvalue weighted by Gasteiger charge is 2.30. The first-order valence-corrected chi connectivity index (χ1v) is 7.59. The van der Waals surface area contributed by atoms with Crippen molar-refractivity contribution in [1.29, 1.82) is 0 Å². The van der Waals surface area contributed by atoms with Crippen LogP contribution < -0.4 is 10.6 Å². The van der Waals surface area contributed by atoms with Gasteiger partial charge in [0, 0.05) is 5.69 Å². The Labute approximate surface area is 138 Å². The second-order valence-corrected chi connectivity index (χ2v) is 5.45. The van der Waals surface area contributed by atoms with Crippen molar-refractivity contribution < 1.29 is 18.0 Å². The largest absolute Gasteiger partial charge is 0.416 e. The highest BCUT2D eigenvalue weighted by atomic mass is 32.1. The van der Waals surface area contributed by atoms with E-state index < -0.39 is 17.6 Å². The Kier molecular flexibility index (Phi) is 4.34. The number of aromatic nitrogens is 2. The van der Waals surface area contributed by atoms with E-state index in [0.29, 0.717) is 16.7 Å².